The molecule has 2 aromatic rings. The Morgan fingerprint density at radius 2 is 2.07 bits per heavy atom. The lowest BCUT2D eigenvalue weighted by Crippen LogP contribution is -2.39. The van der Waals surface area contributed by atoms with Crippen LogP contribution in [0.3, 0.4) is 0 Å². The number of aliphatic hydroxyl groups is 1. The van der Waals surface area contributed by atoms with E-state index < -0.39 is 11.0 Å². The van der Waals surface area contributed by atoms with Crippen LogP contribution in [0.15, 0.2) is 52.1 Å². The zero-order valence-corrected chi connectivity index (χ0v) is 17.9. The van der Waals surface area contributed by atoms with Gasteiger partial charge >= 0.3 is 0 Å². The Bertz CT molecular complexity index is 722. The fourth-order valence-corrected chi connectivity index (χ4v) is 2.21. The van der Waals surface area contributed by atoms with Crippen LogP contribution < -0.4 is 15.4 Å². The molecule has 10 heteroatoms. The number of benzene rings is 1. The van der Waals surface area contributed by atoms with Gasteiger partial charge in [0.1, 0.15) is 24.2 Å². The van der Waals surface area contributed by atoms with Crippen molar-refractivity contribution in [3.63, 3.8) is 0 Å². The molecule has 154 valence electrons. The summed E-state index contributed by atoms with van der Waals surface area (Å²) in [5.41, 5.74) is -0.0107. The molecule has 9 nitrogen and oxygen atoms in total. The van der Waals surface area contributed by atoms with Gasteiger partial charge < -0.3 is 24.9 Å². The summed E-state index contributed by atoms with van der Waals surface area (Å²) < 4.78 is 10.7. The summed E-state index contributed by atoms with van der Waals surface area (Å²) >= 11 is 0. The van der Waals surface area contributed by atoms with E-state index in [0.29, 0.717) is 24.8 Å². The average Bonchev–Trinajstić information content (AvgIpc) is 3.18. The fraction of sp³-hybridized carbons (Fsp3) is 0.389. The molecule has 1 aromatic heterocycles. The predicted molar refractivity (Wildman–Crippen MR) is 116 cm³/mol. The lowest BCUT2D eigenvalue weighted by atomic mass is 10.3. The zero-order chi connectivity index (χ0) is 19.5. The van der Waals surface area contributed by atoms with Crippen molar-refractivity contribution in [2.45, 2.75) is 19.4 Å². The van der Waals surface area contributed by atoms with Crippen molar-refractivity contribution in [2.75, 3.05) is 26.2 Å². The first kappa shape index (κ1) is 23.7. The monoisotopic (exact) mass is 504 g/mol. The van der Waals surface area contributed by atoms with Crippen LogP contribution in [0.1, 0.15) is 12.7 Å². The number of hydrogen-bond acceptors (Lipinski definition) is 6. The van der Waals surface area contributed by atoms with Crippen molar-refractivity contribution >= 4 is 35.6 Å². The summed E-state index contributed by atoms with van der Waals surface area (Å²) in [5.74, 6) is 1.93. The molecule has 1 heterocycles. The first-order valence-electron chi connectivity index (χ1n) is 8.68. The average molecular weight is 504 g/mol. The second-order valence-electron chi connectivity index (χ2n) is 5.69. The Kier molecular flexibility index (Phi) is 11.0. The van der Waals surface area contributed by atoms with Gasteiger partial charge in [-0.2, -0.15) is 0 Å². The van der Waals surface area contributed by atoms with Crippen LogP contribution in [0.25, 0.3) is 0 Å². The molecule has 0 amide bonds. The number of ether oxygens (including phenoxy) is 1. The molecule has 0 aliphatic carbocycles. The summed E-state index contributed by atoms with van der Waals surface area (Å²) in [6, 6.07) is 9.45. The van der Waals surface area contributed by atoms with Crippen LogP contribution in [0, 0.1) is 10.1 Å². The Morgan fingerprint density at radius 1 is 1.32 bits per heavy atom. The standard InChI is InChI=1S/C18H24N4O5.HI/c1-2-19-18(20-10-9-16-4-3-11-26-16)21-12-15(23)13-27-17-7-5-14(6-8-17)22(24)25;/h3-8,11,15,23H,2,9-10,12-13H2,1H3,(H2,19,20,21);1H. The van der Waals surface area contributed by atoms with Crippen molar-refractivity contribution in [3.05, 3.63) is 58.5 Å². The van der Waals surface area contributed by atoms with Crippen molar-refractivity contribution in [1.82, 2.24) is 10.6 Å². The topological polar surface area (TPSA) is 122 Å². The van der Waals surface area contributed by atoms with E-state index in [1.807, 2.05) is 19.1 Å². The van der Waals surface area contributed by atoms with E-state index in [1.165, 1.54) is 24.3 Å². The molecular formula is C18H25IN4O5. The molecule has 0 spiro atoms. The number of halogens is 1. The third kappa shape index (κ3) is 8.57. The van der Waals surface area contributed by atoms with E-state index in [-0.39, 0.29) is 42.8 Å². The molecule has 1 aromatic carbocycles. The van der Waals surface area contributed by atoms with E-state index in [2.05, 4.69) is 15.6 Å². The highest BCUT2D eigenvalue weighted by Gasteiger charge is 2.08. The summed E-state index contributed by atoms with van der Waals surface area (Å²) in [6.07, 6.45) is 1.56. The van der Waals surface area contributed by atoms with E-state index in [0.717, 1.165) is 12.2 Å². The molecule has 0 bridgehead atoms. The Morgan fingerprint density at radius 3 is 2.68 bits per heavy atom. The van der Waals surface area contributed by atoms with Gasteiger partial charge in [0.05, 0.1) is 17.7 Å². The van der Waals surface area contributed by atoms with Crippen molar-refractivity contribution in [3.8, 4) is 5.75 Å². The van der Waals surface area contributed by atoms with Gasteiger partial charge in [-0.3, -0.25) is 15.1 Å². The van der Waals surface area contributed by atoms with Gasteiger partial charge in [-0.15, -0.1) is 24.0 Å². The first-order valence-corrected chi connectivity index (χ1v) is 8.68. The minimum Gasteiger partial charge on any atom is -0.491 e. The molecule has 0 aliphatic rings. The van der Waals surface area contributed by atoms with Gasteiger partial charge in [0.2, 0.25) is 0 Å². The minimum atomic E-state index is -0.805. The van der Waals surface area contributed by atoms with Crippen LogP contribution in [0.2, 0.25) is 0 Å². The Hall–Kier alpha value is -2.34. The molecule has 28 heavy (non-hydrogen) atoms. The second-order valence-corrected chi connectivity index (χ2v) is 5.69. The van der Waals surface area contributed by atoms with Crippen LogP contribution in [0.5, 0.6) is 5.75 Å². The molecule has 1 atom stereocenters. The van der Waals surface area contributed by atoms with Gasteiger partial charge in [-0.1, -0.05) is 0 Å². The second kappa shape index (κ2) is 12.9. The van der Waals surface area contributed by atoms with E-state index in [1.54, 1.807) is 6.26 Å². The number of nitro benzene ring substituents is 1. The predicted octanol–water partition coefficient (Wildman–Crippen LogP) is 2.34. The number of nitro groups is 1. The molecule has 0 aliphatic heterocycles. The molecule has 3 N–H and O–H groups in total. The zero-order valence-electron chi connectivity index (χ0n) is 15.5. The number of aliphatic imine (C=N–C) groups is 1. The fourth-order valence-electron chi connectivity index (χ4n) is 2.21. The van der Waals surface area contributed by atoms with Gasteiger partial charge in [-0.25, -0.2) is 0 Å². The van der Waals surface area contributed by atoms with Crippen molar-refractivity contribution < 1.29 is 19.2 Å². The van der Waals surface area contributed by atoms with Crippen LogP contribution in [0.4, 0.5) is 5.69 Å². The SMILES string of the molecule is CCNC(=NCC(O)COc1ccc([N+](=O)[O-])cc1)NCCc1ccco1.I. The Balaban J connectivity index is 0.00000392. The third-order valence-corrected chi connectivity index (χ3v) is 3.54. The number of guanidine groups is 1. The summed E-state index contributed by atoms with van der Waals surface area (Å²) in [7, 11) is 0. The van der Waals surface area contributed by atoms with Gasteiger partial charge in [0.15, 0.2) is 5.96 Å². The number of hydrogen-bond donors (Lipinski definition) is 3. The number of rotatable bonds is 10. The minimum absolute atomic E-state index is 0. The maximum atomic E-state index is 10.6. The number of aliphatic hydroxyl groups excluding tert-OH is 1. The lowest BCUT2D eigenvalue weighted by molar-refractivity contribution is -0.384. The Labute approximate surface area is 180 Å². The van der Waals surface area contributed by atoms with Crippen molar-refractivity contribution in [1.29, 1.82) is 0 Å². The number of nitrogens with one attached hydrogen (secondary N) is 2. The number of furan rings is 1. The van der Waals surface area contributed by atoms with Gasteiger partial charge in [0.25, 0.3) is 5.69 Å². The summed E-state index contributed by atoms with van der Waals surface area (Å²) in [5, 5.41) is 26.9. The third-order valence-electron chi connectivity index (χ3n) is 3.54. The van der Waals surface area contributed by atoms with Gasteiger partial charge in [-0.05, 0) is 31.2 Å². The highest BCUT2D eigenvalue weighted by atomic mass is 127. The molecule has 0 radical (unpaired) electrons. The van der Waals surface area contributed by atoms with Crippen LogP contribution in [-0.4, -0.2) is 48.3 Å². The normalized spacial score (nSPS) is 12.0. The molecule has 0 saturated carbocycles. The molecule has 0 fully saturated rings. The molecular weight excluding hydrogens is 479 g/mol. The van der Waals surface area contributed by atoms with Gasteiger partial charge in [0, 0.05) is 31.6 Å². The summed E-state index contributed by atoms with van der Waals surface area (Å²) in [4.78, 5) is 14.5. The molecule has 1 unspecified atom stereocenters. The first-order chi connectivity index (χ1) is 13.1. The van der Waals surface area contributed by atoms with E-state index in [4.69, 9.17) is 9.15 Å². The van der Waals surface area contributed by atoms with Crippen LogP contribution in [-0.2, 0) is 6.42 Å². The highest BCUT2D eigenvalue weighted by molar-refractivity contribution is 14.0. The quantitative estimate of drug-likeness (QED) is 0.149. The number of nitrogens with zero attached hydrogens (tertiary/aromatic N) is 2. The number of non-ortho nitro benzene ring substituents is 1. The van der Waals surface area contributed by atoms with Crippen molar-refractivity contribution in [2.24, 2.45) is 4.99 Å². The van der Waals surface area contributed by atoms with E-state index >= 15 is 0 Å². The highest BCUT2D eigenvalue weighted by Crippen LogP contribution is 2.17. The molecule has 0 saturated heterocycles. The molecule has 2 rings (SSSR count). The smallest absolute Gasteiger partial charge is 0.269 e. The maximum Gasteiger partial charge on any atom is 0.269 e. The largest absolute Gasteiger partial charge is 0.491 e. The maximum absolute atomic E-state index is 10.6. The lowest BCUT2D eigenvalue weighted by Gasteiger charge is -2.13. The van der Waals surface area contributed by atoms with Crippen LogP contribution >= 0.6 is 24.0 Å². The van der Waals surface area contributed by atoms with E-state index in [9.17, 15) is 15.2 Å². The summed E-state index contributed by atoms with van der Waals surface area (Å²) in [6.45, 7) is 3.49.